The van der Waals surface area contributed by atoms with Gasteiger partial charge < -0.3 is 10.1 Å². The third-order valence-electron chi connectivity index (χ3n) is 1.65. The first-order chi connectivity index (χ1) is 7.24. The summed E-state index contributed by atoms with van der Waals surface area (Å²) >= 11 is 0. The number of nitrogens with one attached hydrogen (secondary N) is 1. The highest BCUT2D eigenvalue weighted by Gasteiger charge is 1.99. The van der Waals surface area contributed by atoms with Crippen molar-refractivity contribution in [1.82, 2.24) is 0 Å². The Kier molecular flexibility index (Phi) is 4.11. The van der Waals surface area contributed by atoms with Gasteiger partial charge in [-0.15, -0.1) is 0 Å². The summed E-state index contributed by atoms with van der Waals surface area (Å²) in [4.78, 5) is 21.0. The highest BCUT2D eigenvalue weighted by atomic mass is 16.1. The number of rotatable bonds is 2. The zero-order chi connectivity index (χ0) is 11.1. The molecule has 1 N–H and O–H groups in total. The maximum atomic E-state index is 10.9. The Labute approximate surface area is 88.5 Å². The van der Waals surface area contributed by atoms with Crippen LogP contribution in [-0.2, 0) is 9.59 Å². The van der Waals surface area contributed by atoms with Gasteiger partial charge in [-0.25, -0.2) is 0 Å². The molecule has 1 amide bonds. The van der Waals surface area contributed by atoms with Crippen LogP contribution in [0.4, 0.5) is 5.69 Å². The maximum Gasteiger partial charge on any atom is 0.221 e. The van der Waals surface area contributed by atoms with E-state index in [0.717, 1.165) is 11.8 Å². The van der Waals surface area contributed by atoms with Gasteiger partial charge in [0.1, 0.15) is 6.29 Å². The molecule has 0 aliphatic rings. The number of hydrogen-bond donors (Lipinski definition) is 1. The van der Waals surface area contributed by atoms with Crippen LogP contribution in [0.25, 0.3) is 0 Å². The first-order valence-electron chi connectivity index (χ1n) is 4.53. The van der Waals surface area contributed by atoms with E-state index in [9.17, 15) is 9.59 Å². The van der Waals surface area contributed by atoms with Crippen LogP contribution in [0.1, 0.15) is 18.9 Å². The summed E-state index contributed by atoms with van der Waals surface area (Å²) in [7, 11) is 0. The van der Waals surface area contributed by atoms with Crippen LogP contribution in [0.5, 0.6) is 0 Å². The summed E-state index contributed by atoms with van der Waals surface area (Å²) in [5.74, 6) is 5.38. The van der Waals surface area contributed by atoms with Crippen molar-refractivity contribution in [1.29, 1.82) is 0 Å². The van der Waals surface area contributed by atoms with Gasteiger partial charge in [0.15, 0.2) is 0 Å². The van der Waals surface area contributed by atoms with Crippen LogP contribution in [0, 0.1) is 11.8 Å². The highest BCUT2D eigenvalue weighted by Crippen LogP contribution is 2.13. The second kappa shape index (κ2) is 5.61. The summed E-state index contributed by atoms with van der Waals surface area (Å²) in [5.41, 5.74) is 1.39. The lowest BCUT2D eigenvalue weighted by Crippen LogP contribution is -2.06. The van der Waals surface area contributed by atoms with Crippen molar-refractivity contribution in [3.8, 4) is 11.8 Å². The van der Waals surface area contributed by atoms with E-state index in [4.69, 9.17) is 0 Å². The first kappa shape index (κ1) is 11.0. The molecular formula is C12H11NO2. The third kappa shape index (κ3) is 3.65. The maximum absolute atomic E-state index is 10.9. The van der Waals surface area contributed by atoms with Crippen LogP contribution >= 0.6 is 0 Å². The number of para-hydroxylation sites is 1. The molecule has 76 valence electrons. The van der Waals surface area contributed by atoms with E-state index in [0.29, 0.717) is 5.69 Å². The van der Waals surface area contributed by atoms with E-state index < -0.39 is 0 Å². The summed E-state index contributed by atoms with van der Waals surface area (Å²) in [6, 6.07) is 7.21. The highest BCUT2D eigenvalue weighted by molar-refractivity contribution is 5.90. The lowest BCUT2D eigenvalue weighted by Gasteiger charge is -2.03. The zero-order valence-electron chi connectivity index (χ0n) is 8.41. The standard InChI is InChI=1S/C12H11NO2/c1-10(15)13-12-8-3-2-6-11(12)7-4-5-9-14/h2-3,6,8-9H,5H2,1H3,(H,13,15). The molecule has 0 aliphatic carbocycles. The van der Waals surface area contributed by atoms with Gasteiger partial charge in [0.2, 0.25) is 5.91 Å². The molecule has 3 nitrogen and oxygen atoms in total. The number of aldehydes is 1. The minimum Gasteiger partial charge on any atom is -0.325 e. The van der Waals surface area contributed by atoms with Crippen molar-refractivity contribution in [2.24, 2.45) is 0 Å². The van der Waals surface area contributed by atoms with E-state index in [2.05, 4.69) is 17.2 Å². The zero-order valence-corrected chi connectivity index (χ0v) is 8.41. The van der Waals surface area contributed by atoms with Crippen LogP contribution in [0.2, 0.25) is 0 Å². The van der Waals surface area contributed by atoms with Crippen molar-refractivity contribution in [3.63, 3.8) is 0 Å². The lowest BCUT2D eigenvalue weighted by molar-refractivity contribution is -0.114. The molecule has 0 radical (unpaired) electrons. The summed E-state index contributed by atoms with van der Waals surface area (Å²) in [6.07, 6.45) is 0.947. The molecule has 1 aromatic carbocycles. The predicted octanol–water partition coefficient (Wildman–Crippen LogP) is 1.59. The molecule has 3 heteroatoms. The first-order valence-corrected chi connectivity index (χ1v) is 4.53. The van der Waals surface area contributed by atoms with Gasteiger partial charge in [-0.05, 0) is 12.1 Å². The number of benzene rings is 1. The van der Waals surface area contributed by atoms with E-state index in [1.54, 1.807) is 12.1 Å². The van der Waals surface area contributed by atoms with E-state index in [1.165, 1.54) is 6.92 Å². The quantitative estimate of drug-likeness (QED) is 0.583. The topological polar surface area (TPSA) is 46.2 Å². The molecule has 0 aliphatic heterocycles. The molecule has 0 atom stereocenters. The number of hydrogen-bond acceptors (Lipinski definition) is 2. The lowest BCUT2D eigenvalue weighted by atomic mass is 10.2. The monoisotopic (exact) mass is 201 g/mol. The van der Waals surface area contributed by atoms with Crippen molar-refractivity contribution in [3.05, 3.63) is 29.8 Å². The van der Waals surface area contributed by atoms with E-state index in [1.807, 2.05) is 12.1 Å². The Balaban J connectivity index is 2.92. The van der Waals surface area contributed by atoms with Crippen molar-refractivity contribution >= 4 is 17.9 Å². The second-order valence-corrected chi connectivity index (χ2v) is 2.90. The van der Waals surface area contributed by atoms with Gasteiger partial charge in [-0.1, -0.05) is 24.0 Å². The molecule has 15 heavy (non-hydrogen) atoms. The molecule has 0 unspecified atom stereocenters. The Morgan fingerprint density at radius 2 is 2.20 bits per heavy atom. The minimum absolute atomic E-state index is 0.139. The fourth-order valence-corrected chi connectivity index (χ4v) is 1.08. The van der Waals surface area contributed by atoms with Gasteiger partial charge >= 0.3 is 0 Å². The average Bonchev–Trinajstić information content (AvgIpc) is 2.20. The summed E-state index contributed by atoms with van der Waals surface area (Å²) in [6.45, 7) is 1.44. The Bertz CT molecular complexity index is 427. The van der Waals surface area contributed by atoms with Crippen LogP contribution in [0.3, 0.4) is 0 Å². The molecule has 0 saturated carbocycles. The van der Waals surface area contributed by atoms with Gasteiger partial charge in [0.25, 0.3) is 0 Å². The number of carbonyl (C=O) groups excluding carboxylic acids is 2. The summed E-state index contributed by atoms with van der Waals surface area (Å²) in [5, 5.41) is 2.67. The van der Waals surface area contributed by atoms with E-state index >= 15 is 0 Å². The molecule has 0 bridgehead atoms. The number of anilines is 1. The Hall–Kier alpha value is -2.08. The average molecular weight is 201 g/mol. The molecular weight excluding hydrogens is 190 g/mol. The normalized spacial score (nSPS) is 8.60. The van der Waals surface area contributed by atoms with Gasteiger partial charge in [0.05, 0.1) is 12.1 Å². The number of amides is 1. The largest absolute Gasteiger partial charge is 0.325 e. The van der Waals surface area contributed by atoms with E-state index in [-0.39, 0.29) is 12.3 Å². The Morgan fingerprint density at radius 3 is 2.87 bits per heavy atom. The second-order valence-electron chi connectivity index (χ2n) is 2.90. The molecule has 0 fully saturated rings. The van der Waals surface area contributed by atoms with Crippen LogP contribution in [0.15, 0.2) is 24.3 Å². The molecule has 0 saturated heterocycles. The van der Waals surface area contributed by atoms with Crippen molar-refractivity contribution < 1.29 is 9.59 Å². The molecule has 1 aromatic rings. The van der Waals surface area contributed by atoms with Crippen molar-refractivity contribution in [2.45, 2.75) is 13.3 Å². The summed E-state index contributed by atoms with van der Waals surface area (Å²) < 4.78 is 0. The predicted molar refractivity (Wildman–Crippen MR) is 58.3 cm³/mol. The van der Waals surface area contributed by atoms with Gasteiger partial charge in [0, 0.05) is 12.5 Å². The third-order valence-corrected chi connectivity index (χ3v) is 1.65. The Morgan fingerprint density at radius 1 is 1.47 bits per heavy atom. The number of carbonyl (C=O) groups is 2. The molecule has 0 aromatic heterocycles. The van der Waals surface area contributed by atoms with Gasteiger partial charge in [-0.3, -0.25) is 4.79 Å². The van der Waals surface area contributed by atoms with Crippen LogP contribution < -0.4 is 5.32 Å². The van der Waals surface area contributed by atoms with Crippen LogP contribution in [-0.4, -0.2) is 12.2 Å². The fourth-order valence-electron chi connectivity index (χ4n) is 1.08. The fraction of sp³-hybridized carbons (Fsp3) is 0.167. The minimum atomic E-state index is -0.139. The van der Waals surface area contributed by atoms with Gasteiger partial charge in [-0.2, -0.15) is 0 Å². The molecule has 0 spiro atoms. The van der Waals surface area contributed by atoms with Crippen molar-refractivity contribution in [2.75, 3.05) is 5.32 Å². The smallest absolute Gasteiger partial charge is 0.221 e. The molecule has 1 rings (SSSR count). The SMILES string of the molecule is CC(=O)Nc1ccccc1C#CCC=O. The molecule has 0 heterocycles.